The first kappa shape index (κ1) is 28.8. The number of fused-ring (bicyclic) bond motifs is 3. The molecule has 2 fully saturated rings. The largest absolute Gasteiger partial charge is 0.508 e. The van der Waals surface area contributed by atoms with E-state index >= 15 is 4.39 Å². The topological polar surface area (TPSA) is 102 Å². The van der Waals surface area contributed by atoms with Gasteiger partial charge in [0.15, 0.2) is 11.6 Å². The van der Waals surface area contributed by atoms with Crippen molar-refractivity contribution in [2.45, 2.75) is 37.4 Å². The molecule has 12 heteroatoms. The molecule has 2 saturated heterocycles. The van der Waals surface area contributed by atoms with Gasteiger partial charge in [-0.15, -0.1) is 0 Å². The van der Waals surface area contributed by atoms with E-state index in [9.17, 15) is 19.6 Å². The minimum atomic E-state index is -0.804. The summed E-state index contributed by atoms with van der Waals surface area (Å²) in [4.78, 5) is 27.8. The van der Waals surface area contributed by atoms with Crippen LogP contribution in [0.5, 0.6) is 5.75 Å². The fraction of sp³-hybridized carbons (Fsp3) is 0.355. The van der Waals surface area contributed by atoms with Crippen LogP contribution < -0.4 is 4.90 Å². The number of rotatable bonds is 6. The zero-order valence-corrected chi connectivity index (χ0v) is 24.5. The second kappa shape index (κ2) is 11.1. The van der Waals surface area contributed by atoms with Crippen LogP contribution >= 0.6 is 11.6 Å². The average molecular weight is 606 g/mol. The van der Waals surface area contributed by atoms with Crippen molar-refractivity contribution in [3.63, 3.8) is 0 Å². The van der Waals surface area contributed by atoms with Crippen LogP contribution in [0.1, 0.15) is 25.3 Å². The van der Waals surface area contributed by atoms with Gasteiger partial charge in [-0.25, -0.2) is 18.7 Å². The molecule has 0 radical (unpaired) electrons. The summed E-state index contributed by atoms with van der Waals surface area (Å²) >= 11 is 6.65. The third-order valence-electron chi connectivity index (χ3n) is 8.65. The first-order chi connectivity index (χ1) is 20.6. The summed E-state index contributed by atoms with van der Waals surface area (Å²) in [5.41, 5.74) is 0.856. The molecule has 4 heterocycles. The Morgan fingerprint density at radius 3 is 2.74 bits per heavy atom. The average Bonchev–Trinajstić information content (AvgIpc) is 3.40. The van der Waals surface area contributed by atoms with E-state index in [0.717, 1.165) is 12.1 Å². The highest BCUT2D eigenvalue weighted by atomic mass is 35.5. The number of aromatic hydroxyl groups is 1. The Morgan fingerprint density at radius 1 is 1.28 bits per heavy atom. The van der Waals surface area contributed by atoms with Crippen molar-refractivity contribution in [1.82, 2.24) is 24.3 Å². The third kappa shape index (κ3) is 4.84. The van der Waals surface area contributed by atoms with Gasteiger partial charge in [0.25, 0.3) is 0 Å². The van der Waals surface area contributed by atoms with Gasteiger partial charge in [-0.05, 0) is 57.3 Å². The molecule has 0 spiro atoms. The van der Waals surface area contributed by atoms with E-state index in [1.165, 1.54) is 12.1 Å². The van der Waals surface area contributed by atoms with Gasteiger partial charge in [-0.3, -0.25) is 4.79 Å². The van der Waals surface area contributed by atoms with Crippen molar-refractivity contribution in [2.75, 3.05) is 38.6 Å². The second-order valence-corrected chi connectivity index (χ2v) is 11.8. The third-order valence-corrected chi connectivity index (χ3v) is 8.95. The molecule has 0 saturated carbocycles. The number of likely N-dealkylation sites (N-methyl/N-ethyl adjacent to an activating group) is 1. The molecule has 1 amide bonds. The van der Waals surface area contributed by atoms with Gasteiger partial charge in [0.1, 0.15) is 22.6 Å². The van der Waals surface area contributed by atoms with Crippen LogP contribution in [0.25, 0.3) is 33.1 Å². The number of halogens is 3. The number of amides is 1. The second-order valence-electron chi connectivity index (χ2n) is 11.3. The van der Waals surface area contributed by atoms with Crippen molar-refractivity contribution in [3.05, 3.63) is 59.9 Å². The number of carbonyl (C=O) groups is 1. The predicted molar refractivity (Wildman–Crippen MR) is 161 cm³/mol. The maximum Gasteiger partial charge on any atom is 0.246 e. The number of anilines is 1. The molecule has 2 aromatic carbocycles. The first-order valence-electron chi connectivity index (χ1n) is 14.0. The first-order valence-corrected chi connectivity index (χ1v) is 14.4. The number of pyridine rings is 1. The summed E-state index contributed by atoms with van der Waals surface area (Å²) < 4.78 is 33.4. The number of hydrogen-bond acceptors (Lipinski definition) is 7. The summed E-state index contributed by atoms with van der Waals surface area (Å²) in [7, 11) is 4.00. The maximum atomic E-state index is 16.5. The monoisotopic (exact) mass is 605 g/mol. The van der Waals surface area contributed by atoms with Crippen molar-refractivity contribution < 1.29 is 18.7 Å². The molecule has 2 aromatic heterocycles. The van der Waals surface area contributed by atoms with Crippen LogP contribution in [0.4, 0.5) is 14.6 Å². The summed E-state index contributed by atoms with van der Waals surface area (Å²) in [6.45, 7) is 5.36. The van der Waals surface area contributed by atoms with E-state index < -0.39 is 11.6 Å². The highest BCUT2D eigenvalue weighted by Gasteiger charge is 2.35. The number of piperidine rings is 1. The molecule has 4 aromatic rings. The van der Waals surface area contributed by atoms with Crippen molar-refractivity contribution in [3.8, 4) is 22.9 Å². The van der Waals surface area contributed by atoms with Crippen LogP contribution in [0.15, 0.2) is 43.2 Å². The molecule has 2 aliphatic rings. The van der Waals surface area contributed by atoms with E-state index in [0.29, 0.717) is 60.8 Å². The Morgan fingerprint density at radius 2 is 2.05 bits per heavy atom. The molecule has 0 unspecified atom stereocenters. The van der Waals surface area contributed by atoms with Gasteiger partial charge in [0, 0.05) is 54.3 Å². The number of nitriles is 1. The van der Waals surface area contributed by atoms with Gasteiger partial charge in [-0.2, -0.15) is 5.26 Å². The van der Waals surface area contributed by atoms with Crippen LogP contribution in [0.3, 0.4) is 0 Å². The molecule has 0 bridgehead atoms. The number of phenols is 1. The van der Waals surface area contributed by atoms with Crippen molar-refractivity contribution in [2.24, 2.45) is 0 Å². The van der Waals surface area contributed by atoms with E-state index in [1.54, 1.807) is 17.3 Å². The van der Waals surface area contributed by atoms with Crippen LogP contribution in [0, 0.1) is 23.0 Å². The maximum absolute atomic E-state index is 16.5. The van der Waals surface area contributed by atoms with Crippen molar-refractivity contribution in [1.29, 1.82) is 5.26 Å². The number of imidazole rings is 1. The summed E-state index contributed by atoms with van der Waals surface area (Å²) in [6.07, 6.45) is 4.20. The Hall–Kier alpha value is -4.27. The van der Waals surface area contributed by atoms with E-state index in [2.05, 4.69) is 17.5 Å². The lowest BCUT2D eigenvalue weighted by molar-refractivity contribution is -0.130. The SMILES string of the molecule is C=CC(=O)N1CC[C@H](n2cnc3c(N4CC(N(C)C)C4)nc4c(F)c(-c5cc(O)ccc5F)c(Cl)cc4c32)C[C@H]1CC#N. The van der Waals surface area contributed by atoms with E-state index in [1.807, 2.05) is 23.6 Å². The zero-order chi connectivity index (χ0) is 30.6. The normalized spacial score (nSPS) is 19.2. The lowest BCUT2D eigenvalue weighted by Crippen LogP contribution is -2.57. The number of phenolic OH excluding ortho intramolecular Hbond substituents is 1. The number of likely N-dealkylation sites (tertiary alicyclic amines) is 1. The van der Waals surface area contributed by atoms with Crippen LogP contribution in [-0.2, 0) is 4.79 Å². The summed E-state index contributed by atoms with van der Waals surface area (Å²) in [6, 6.07) is 6.96. The molecule has 1 N–H and O–H groups in total. The Bertz CT molecular complexity index is 1810. The molecule has 0 aliphatic carbocycles. The smallest absolute Gasteiger partial charge is 0.246 e. The van der Waals surface area contributed by atoms with Gasteiger partial charge in [0.2, 0.25) is 5.91 Å². The quantitative estimate of drug-likeness (QED) is 0.299. The summed E-state index contributed by atoms with van der Waals surface area (Å²) in [5.74, 6) is -1.47. The highest BCUT2D eigenvalue weighted by Crippen LogP contribution is 2.43. The zero-order valence-electron chi connectivity index (χ0n) is 23.8. The van der Waals surface area contributed by atoms with Gasteiger partial charge in [-0.1, -0.05) is 18.2 Å². The van der Waals surface area contributed by atoms with E-state index in [4.69, 9.17) is 21.6 Å². The molecule has 43 heavy (non-hydrogen) atoms. The number of aromatic nitrogens is 3. The van der Waals surface area contributed by atoms with Gasteiger partial charge in [0.05, 0.1) is 29.4 Å². The van der Waals surface area contributed by atoms with Gasteiger partial charge < -0.3 is 24.4 Å². The predicted octanol–water partition coefficient (Wildman–Crippen LogP) is 5.27. The Labute approximate surface area is 252 Å². The fourth-order valence-corrected chi connectivity index (χ4v) is 6.54. The molecule has 9 nitrogen and oxygen atoms in total. The lowest BCUT2D eigenvalue weighted by Gasteiger charge is -2.43. The van der Waals surface area contributed by atoms with Crippen LogP contribution in [0.2, 0.25) is 5.02 Å². The number of nitrogens with zero attached hydrogens (tertiary/aromatic N) is 7. The lowest BCUT2D eigenvalue weighted by atomic mass is 9.94. The number of carbonyl (C=O) groups excluding carboxylic acids is 1. The van der Waals surface area contributed by atoms with Crippen LogP contribution in [-0.4, -0.2) is 81.2 Å². The fourth-order valence-electron chi connectivity index (χ4n) is 6.24. The molecule has 222 valence electrons. The minimum absolute atomic E-state index is 0.00698. The highest BCUT2D eigenvalue weighted by molar-refractivity contribution is 6.34. The molecular formula is C31H30ClF2N7O2. The summed E-state index contributed by atoms with van der Waals surface area (Å²) in [5, 5.41) is 19.9. The molecule has 2 atom stereocenters. The Kier molecular flexibility index (Phi) is 7.44. The standard InChI is InChI=1S/C31H30ClF2N7O2/c1-4-25(43)40-10-8-18(11-17(40)7-9-35)41-16-36-29-30(41)22-13-23(32)26(21-12-20(42)5-6-24(21)33)27(34)28(22)37-31(29)39-14-19(15-39)38(2)3/h4-6,12-13,16-19,42H,1,7-8,10-11,14-15H2,2-3H3/t17-,18+/m1/s1. The van der Waals surface area contributed by atoms with Gasteiger partial charge >= 0.3 is 0 Å². The molecule has 2 aliphatic heterocycles. The van der Waals surface area contributed by atoms with E-state index in [-0.39, 0.29) is 51.8 Å². The van der Waals surface area contributed by atoms with Crippen molar-refractivity contribution >= 4 is 45.3 Å². The molecular weight excluding hydrogens is 576 g/mol. The minimum Gasteiger partial charge on any atom is -0.508 e. The number of benzene rings is 2. The molecule has 6 rings (SSSR count). The Balaban J connectivity index is 1.55. The number of hydrogen-bond donors (Lipinski definition) is 1.